The van der Waals surface area contributed by atoms with Gasteiger partial charge in [0, 0.05) is 13.1 Å². The molecule has 0 saturated carbocycles. The fourth-order valence-corrected chi connectivity index (χ4v) is 2.85. The van der Waals surface area contributed by atoms with E-state index in [1.807, 2.05) is 11.8 Å². The third-order valence-electron chi connectivity index (χ3n) is 2.99. The molecular weight excluding hydrogens is 220 g/mol. The predicted octanol–water partition coefficient (Wildman–Crippen LogP) is 1.03. The number of hydrogen-bond donors (Lipinski definition) is 2. The lowest BCUT2D eigenvalue weighted by atomic mass is 10.2. The molecular formula is C12H26N2OS. The Balaban J connectivity index is 1.98. The molecule has 0 radical (unpaired) electrons. The van der Waals surface area contributed by atoms with E-state index >= 15 is 0 Å². The number of nitrogens with one attached hydrogen (secondary N) is 1. The number of aliphatic hydroxyl groups excluding tert-OH is 1. The van der Waals surface area contributed by atoms with Gasteiger partial charge < -0.3 is 15.3 Å². The molecule has 1 heterocycles. The first kappa shape index (κ1) is 14.3. The molecule has 0 amide bonds. The van der Waals surface area contributed by atoms with Gasteiger partial charge in [0.25, 0.3) is 0 Å². The van der Waals surface area contributed by atoms with E-state index < -0.39 is 0 Å². The second kappa shape index (κ2) is 8.34. The van der Waals surface area contributed by atoms with Crippen molar-refractivity contribution in [1.82, 2.24) is 10.2 Å². The van der Waals surface area contributed by atoms with Crippen LogP contribution in [0.15, 0.2) is 0 Å². The van der Waals surface area contributed by atoms with E-state index in [-0.39, 0.29) is 6.10 Å². The van der Waals surface area contributed by atoms with Gasteiger partial charge in [-0.3, -0.25) is 0 Å². The molecule has 1 aliphatic heterocycles. The molecule has 0 bridgehead atoms. The highest BCUT2D eigenvalue weighted by atomic mass is 32.2. The summed E-state index contributed by atoms with van der Waals surface area (Å²) >= 11 is 1.88. The van der Waals surface area contributed by atoms with Gasteiger partial charge in [-0.1, -0.05) is 6.92 Å². The minimum absolute atomic E-state index is 0.209. The maximum atomic E-state index is 9.84. The molecule has 2 atom stereocenters. The first-order valence-corrected chi connectivity index (χ1v) is 7.72. The molecule has 4 heteroatoms. The minimum Gasteiger partial charge on any atom is -0.390 e. The third kappa shape index (κ3) is 6.09. The lowest BCUT2D eigenvalue weighted by Crippen LogP contribution is -2.38. The van der Waals surface area contributed by atoms with Gasteiger partial charge in [0.15, 0.2) is 0 Å². The zero-order chi connectivity index (χ0) is 11.8. The van der Waals surface area contributed by atoms with Gasteiger partial charge >= 0.3 is 0 Å². The van der Waals surface area contributed by atoms with Crippen LogP contribution in [0.25, 0.3) is 0 Å². The second-order valence-electron chi connectivity index (χ2n) is 4.88. The number of aliphatic hydroxyl groups is 1. The number of rotatable bonds is 8. The van der Waals surface area contributed by atoms with Crippen molar-refractivity contribution in [2.45, 2.75) is 25.9 Å². The van der Waals surface area contributed by atoms with E-state index in [0.29, 0.717) is 5.92 Å². The molecule has 0 aromatic rings. The van der Waals surface area contributed by atoms with Gasteiger partial charge in [-0.05, 0) is 50.4 Å². The predicted molar refractivity (Wildman–Crippen MR) is 72.1 cm³/mol. The minimum atomic E-state index is -0.209. The van der Waals surface area contributed by atoms with Crippen LogP contribution >= 0.6 is 11.8 Å². The Morgan fingerprint density at radius 1 is 1.31 bits per heavy atom. The van der Waals surface area contributed by atoms with Crippen LogP contribution in [0.1, 0.15) is 19.8 Å². The molecule has 96 valence electrons. The van der Waals surface area contributed by atoms with Crippen LogP contribution < -0.4 is 5.32 Å². The molecule has 1 fully saturated rings. The molecule has 2 N–H and O–H groups in total. The van der Waals surface area contributed by atoms with E-state index in [1.165, 1.54) is 31.7 Å². The summed E-state index contributed by atoms with van der Waals surface area (Å²) in [7, 11) is 0. The van der Waals surface area contributed by atoms with Crippen LogP contribution in [0, 0.1) is 5.92 Å². The van der Waals surface area contributed by atoms with E-state index in [4.69, 9.17) is 0 Å². The van der Waals surface area contributed by atoms with Crippen molar-refractivity contribution < 1.29 is 5.11 Å². The fourth-order valence-electron chi connectivity index (χ4n) is 2.17. The zero-order valence-electron chi connectivity index (χ0n) is 10.6. The van der Waals surface area contributed by atoms with Crippen LogP contribution in [-0.2, 0) is 0 Å². The molecule has 0 aliphatic carbocycles. The number of hydrogen-bond acceptors (Lipinski definition) is 4. The maximum absolute atomic E-state index is 9.84. The molecule has 2 unspecified atom stereocenters. The molecule has 0 aromatic carbocycles. The Morgan fingerprint density at radius 3 is 2.62 bits per heavy atom. The maximum Gasteiger partial charge on any atom is 0.0791 e. The molecule has 1 saturated heterocycles. The van der Waals surface area contributed by atoms with Crippen molar-refractivity contribution in [2.24, 2.45) is 5.92 Å². The smallest absolute Gasteiger partial charge is 0.0791 e. The highest BCUT2D eigenvalue weighted by Gasteiger charge is 2.15. The average Bonchev–Trinajstić information content (AvgIpc) is 2.70. The molecule has 3 nitrogen and oxygen atoms in total. The monoisotopic (exact) mass is 246 g/mol. The fraction of sp³-hybridized carbons (Fsp3) is 1.00. The Hall–Kier alpha value is 0.230. The van der Waals surface area contributed by atoms with Gasteiger partial charge in [0.1, 0.15) is 0 Å². The number of thioether (sulfide) groups is 1. The van der Waals surface area contributed by atoms with Crippen LogP contribution in [-0.4, -0.2) is 60.8 Å². The first-order chi connectivity index (χ1) is 7.72. The number of likely N-dealkylation sites (tertiary alicyclic amines) is 1. The van der Waals surface area contributed by atoms with Crippen LogP contribution in [0.3, 0.4) is 0 Å². The van der Waals surface area contributed by atoms with Gasteiger partial charge in [0.2, 0.25) is 0 Å². The second-order valence-corrected chi connectivity index (χ2v) is 5.79. The number of nitrogens with zero attached hydrogens (tertiary/aromatic N) is 1. The summed E-state index contributed by atoms with van der Waals surface area (Å²) in [5, 5.41) is 13.2. The lowest BCUT2D eigenvalue weighted by Gasteiger charge is -2.20. The molecule has 16 heavy (non-hydrogen) atoms. The summed E-state index contributed by atoms with van der Waals surface area (Å²) in [6.45, 7) is 7.16. The van der Waals surface area contributed by atoms with Crippen molar-refractivity contribution in [2.75, 3.05) is 44.7 Å². The summed E-state index contributed by atoms with van der Waals surface area (Å²) < 4.78 is 0. The van der Waals surface area contributed by atoms with Crippen molar-refractivity contribution in [1.29, 1.82) is 0 Å². The van der Waals surface area contributed by atoms with Crippen molar-refractivity contribution in [3.05, 3.63) is 0 Å². The molecule has 1 aliphatic rings. The third-order valence-corrected chi connectivity index (χ3v) is 3.89. The first-order valence-electron chi connectivity index (χ1n) is 6.32. The van der Waals surface area contributed by atoms with Crippen molar-refractivity contribution >= 4 is 11.8 Å². The standard InChI is InChI=1S/C12H26N2OS/c1-11(10-16-2)7-13-8-12(15)9-14-5-3-4-6-14/h11-13,15H,3-10H2,1-2H3. The molecule has 0 aromatic heterocycles. The van der Waals surface area contributed by atoms with Crippen LogP contribution in [0.2, 0.25) is 0 Å². The lowest BCUT2D eigenvalue weighted by molar-refractivity contribution is 0.123. The van der Waals surface area contributed by atoms with E-state index in [1.54, 1.807) is 0 Å². The molecule has 1 rings (SSSR count). The Morgan fingerprint density at radius 2 is 2.00 bits per heavy atom. The van der Waals surface area contributed by atoms with Gasteiger partial charge in [-0.2, -0.15) is 11.8 Å². The average molecular weight is 246 g/mol. The summed E-state index contributed by atoms with van der Waals surface area (Å²) in [5.74, 6) is 1.88. The van der Waals surface area contributed by atoms with Gasteiger partial charge in [0.05, 0.1) is 6.10 Å². The van der Waals surface area contributed by atoms with Crippen molar-refractivity contribution in [3.63, 3.8) is 0 Å². The summed E-state index contributed by atoms with van der Waals surface area (Å²) in [4.78, 5) is 2.36. The number of β-amino-alcohol motifs (C(OH)–C–C–N with tert-alkyl or cyclic N) is 1. The Kier molecular flexibility index (Phi) is 7.45. The van der Waals surface area contributed by atoms with Crippen molar-refractivity contribution in [3.8, 4) is 0 Å². The van der Waals surface area contributed by atoms with Gasteiger partial charge in [-0.25, -0.2) is 0 Å². The largest absolute Gasteiger partial charge is 0.390 e. The van der Waals surface area contributed by atoms with Gasteiger partial charge in [-0.15, -0.1) is 0 Å². The van der Waals surface area contributed by atoms with Crippen LogP contribution in [0.5, 0.6) is 0 Å². The van der Waals surface area contributed by atoms with E-state index in [2.05, 4.69) is 23.4 Å². The Bertz CT molecular complexity index is 174. The summed E-state index contributed by atoms with van der Waals surface area (Å²) in [5.41, 5.74) is 0. The summed E-state index contributed by atoms with van der Waals surface area (Å²) in [6.07, 6.45) is 4.52. The normalized spacial score (nSPS) is 21.2. The van der Waals surface area contributed by atoms with E-state index in [0.717, 1.165) is 19.6 Å². The highest BCUT2D eigenvalue weighted by Crippen LogP contribution is 2.07. The summed E-state index contributed by atoms with van der Waals surface area (Å²) in [6, 6.07) is 0. The van der Waals surface area contributed by atoms with E-state index in [9.17, 15) is 5.11 Å². The quantitative estimate of drug-likeness (QED) is 0.671. The topological polar surface area (TPSA) is 35.5 Å². The highest BCUT2D eigenvalue weighted by molar-refractivity contribution is 7.98. The zero-order valence-corrected chi connectivity index (χ0v) is 11.4. The molecule has 0 spiro atoms. The SMILES string of the molecule is CSCC(C)CNCC(O)CN1CCCC1. The van der Waals surface area contributed by atoms with Crippen LogP contribution in [0.4, 0.5) is 0 Å². The Labute approximate surface area is 104 Å².